The summed E-state index contributed by atoms with van der Waals surface area (Å²) in [6.45, 7) is 3.47. The predicted octanol–water partition coefficient (Wildman–Crippen LogP) is 3.37. The SMILES string of the molecule is CCCN(C)[C@@H]1CCc2ccc3[nH]ccc3c2C1. The van der Waals surface area contributed by atoms with Gasteiger partial charge in [-0.3, -0.25) is 0 Å². The normalized spacial score (nSPS) is 19.4. The fourth-order valence-corrected chi connectivity index (χ4v) is 3.29. The molecule has 2 aromatic rings. The van der Waals surface area contributed by atoms with Gasteiger partial charge in [-0.05, 0) is 62.5 Å². The van der Waals surface area contributed by atoms with Crippen LogP contribution in [0.4, 0.5) is 0 Å². The van der Waals surface area contributed by atoms with Crippen LogP contribution < -0.4 is 0 Å². The highest BCUT2D eigenvalue weighted by Crippen LogP contribution is 2.30. The second-order valence-electron chi connectivity index (χ2n) is 5.52. The highest BCUT2D eigenvalue weighted by atomic mass is 15.1. The Morgan fingerprint density at radius 2 is 2.22 bits per heavy atom. The van der Waals surface area contributed by atoms with E-state index < -0.39 is 0 Å². The molecule has 0 radical (unpaired) electrons. The average Bonchev–Trinajstić information content (AvgIpc) is 2.87. The van der Waals surface area contributed by atoms with E-state index in [0.29, 0.717) is 0 Å². The molecule has 1 aromatic carbocycles. The average molecular weight is 242 g/mol. The van der Waals surface area contributed by atoms with E-state index >= 15 is 0 Å². The van der Waals surface area contributed by atoms with Crippen molar-refractivity contribution in [3.8, 4) is 0 Å². The number of hydrogen-bond donors (Lipinski definition) is 1. The molecule has 1 aliphatic rings. The first-order valence-corrected chi connectivity index (χ1v) is 7.07. The molecule has 2 heteroatoms. The Bertz CT molecular complexity index is 541. The molecule has 1 N–H and O–H groups in total. The molecule has 0 aliphatic heterocycles. The predicted molar refractivity (Wildman–Crippen MR) is 77.0 cm³/mol. The lowest BCUT2D eigenvalue weighted by Crippen LogP contribution is -2.36. The maximum Gasteiger partial charge on any atom is 0.0456 e. The van der Waals surface area contributed by atoms with Crippen LogP contribution in [-0.2, 0) is 12.8 Å². The zero-order valence-corrected chi connectivity index (χ0v) is 11.4. The summed E-state index contributed by atoms with van der Waals surface area (Å²) in [5.74, 6) is 0. The standard InChI is InChI=1S/C16H22N2/c1-3-10-18(2)13-6-4-12-5-7-16-14(8-9-17-16)15(12)11-13/h5,7-9,13,17H,3-4,6,10-11H2,1-2H3/t13-/m1/s1. The Morgan fingerprint density at radius 1 is 1.33 bits per heavy atom. The van der Waals surface area contributed by atoms with Crippen LogP contribution in [0.15, 0.2) is 24.4 Å². The van der Waals surface area contributed by atoms with Crippen LogP contribution in [0.2, 0.25) is 0 Å². The molecule has 0 amide bonds. The smallest absolute Gasteiger partial charge is 0.0456 e. The molecular weight excluding hydrogens is 220 g/mol. The molecular formula is C16H22N2. The van der Waals surface area contributed by atoms with Crippen molar-refractivity contribution >= 4 is 10.9 Å². The first-order valence-electron chi connectivity index (χ1n) is 7.07. The van der Waals surface area contributed by atoms with E-state index in [-0.39, 0.29) is 0 Å². The van der Waals surface area contributed by atoms with Gasteiger partial charge in [0.15, 0.2) is 0 Å². The van der Waals surface area contributed by atoms with Crippen LogP contribution in [0, 0.1) is 0 Å². The number of fused-ring (bicyclic) bond motifs is 3. The number of benzene rings is 1. The van der Waals surface area contributed by atoms with Crippen LogP contribution in [-0.4, -0.2) is 29.5 Å². The number of H-pyrrole nitrogens is 1. The zero-order chi connectivity index (χ0) is 12.5. The number of nitrogens with one attached hydrogen (secondary N) is 1. The second kappa shape index (κ2) is 4.77. The molecule has 3 rings (SSSR count). The minimum absolute atomic E-state index is 0.720. The van der Waals surface area contributed by atoms with E-state index in [4.69, 9.17) is 0 Å². The molecule has 0 bridgehead atoms. The number of aromatic amines is 1. The van der Waals surface area contributed by atoms with Gasteiger partial charge in [0.05, 0.1) is 0 Å². The van der Waals surface area contributed by atoms with Crippen LogP contribution in [0.3, 0.4) is 0 Å². The Kier molecular flexibility index (Phi) is 3.13. The van der Waals surface area contributed by atoms with Crippen molar-refractivity contribution in [2.24, 2.45) is 0 Å². The van der Waals surface area contributed by atoms with Crippen LogP contribution >= 0.6 is 0 Å². The number of likely N-dealkylation sites (N-methyl/N-ethyl adjacent to an activating group) is 1. The number of aryl methyl sites for hydroxylation is 1. The number of hydrogen-bond acceptors (Lipinski definition) is 1. The van der Waals surface area contributed by atoms with Gasteiger partial charge in [-0.25, -0.2) is 0 Å². The third kappa shape index (κ3) is 1.95. The first kappa shape index (κ1) is 11.8. The number of nitrogens with zero attached hydrogens (tertiary/aromatic N) is 1. The fourth-order valence-electron chi connectivity index (χ4n) is 3.29. The molecule has 1 heterocycles. The maximum atomic E-state index is 3.33. The van der Waals surface area contributed by atoms with Gasteiger partial charge in [0.2, 0.25) is 0 Å². The number of rotatable bonds is 3. The van der Waals surface area contributed by atoms with E-state index in [1.165, 1.54) is 43.1 Å². The lowest BCUT2D eigenvalue weighted by atomic mass is 9.85. The molecule has 18 heavy (non-hydrogen) atoms. The van der Waals surface area contributed by atoms with Gasteiger partial charge in [0, 0.05) is 23.1 Å². The molecule has 96 valence electrons. The molecule has 0 fully saturated rings. The van der Waals surface area contributed by atoms with Gasteiger partial charge in [0.1, 0.15) is 0 Å². The molecule has 1 atom stereocenters. The van der Waals surface area contributed by atoms with Crippen LogP contribution in [0.1, 0.15) is 30.9 Å². The Hall–Kier alpha value is -1.28. The summed E-state index contributed by atoms with van der Waals surface area (Å²) < 4.78 is 0. The third-order valence-corrected chi connectivity index (χ3v) is 4.33. The summed E-state index contributed by atoms with van der Waals surface area (Å²) in [6, 6.07) is 7.49. The quantitative estimate of drug-likeness (QED) is 0.874. The van der Waals surface area contributed by atoms with Gasteiger partial charge < -0.3 is 9.88 Å². The summed E-state index contributed by atoms with van der Waals surface area (Å²) >= 11 is 0. The Morgan fingerprint density at radius 3 is 3.06 bits per heavy atom. The highest BCUT2D eigenvalue weighted by molar-refractivity contribution is 5.84. The van der Waals surface area contributed by atoms with Crippen molar-refractivity contribution in [3.05, 3.63) is 35.5 Å². The topological polar surface area (TPSA) is 19.0 Å². The zero-order valence-electron chi connectivity index (χ0n) is 11.4. The van der Waals surface area contributed by atoms with E-state index in [2.05, 4.69) is 48.3 Å². The summed E-state index contributed by atoms with van der Waals surface area (Å²) in [4.78, 5) is 5.86. The van der Waals surface area contributed by atoms with E-state index in [0.717, 1.165) is 6.04 Å². The summed E-state index contributed by atoms with van der Waals surface area (Å²) in [6.07, 6.45) is 7.05. The minimum Gasteiger partial charge on any atom is -0.361 e. The molecule has 2 nitrogen and oxygen atoms in total. The molecule has 0 spiro atoms. The lowest BCUT2D eigenvalue weighted by molar-refractivity contribution is 0.223. The Balaban J connectivity index is 1.92. The lowest BCUT2D eigenvalue weighted by Gasteiger charge is -2.32. The largest absolute Gasteiger partial charge is 0.361 e. The molecule has 1 aliphatic carbocycles. The summed E-state index contributed by atoms with van der Waals surface area (Å²) in [5.41, 5.74) is 4.42. The summed E-state index contributed by atoms with van der Waals surface area (Å²) in [7, 11) is 2.27. The molecule has 0 saturated carbocycles. The highest BCUT2D eigenvalue weighted by Gasteiger charge is 2.23. The van der Waals surface area contributed by atoms with Gasteiger partial charge in [-0.15, -0.1) is 0 Å². The van der Waals surface area contributed by atoms with E-state index in [1.807, 2.05) is 0 Å². The molecule has 1 aromatic heterocycles. The van der Waals surface area contributed by atoms with Gasteiger partial charge in [-0.2, -0.15) is 0 Å². The van der Waals surface area contributed by atoms with Crippen molar-refractivity contribution < 1.29 is 0 Å². The molecule has 0 saturated heterocycles. The van der Waals surface area contributed by atoms with Gasteiger partial charge >= 0.3 is 0 Å². The first-order chi connectivity index (χ1) is 8.79. The fraction of sp³-hybridized carbons (Fsp3) is 0.500. The van der Waals surface area contributed by atoms with Gasteiger partial charge in [0.25, 0.3) is 0 Å². The van der Waals surface area contributed by atoms with Crippen LogP contribution in [0.5, 0.6) is 0 Å². The minimum atomic E-state index is 0.720. The second-order valence-corrected chi connectivity index (χ2v) is 5.52. The molecule has 0 unspecified atom stereocenters. The van der Waals surface area contributed by atoms with Crippen molar-refractivity contribution in [2.75, 3.05) is 13.6 Å². The van der Waals surface area contributed by atoms with Crippen LogP contribution in [0.25, 0.3) is 10.9 Å². The van der Waals surface area contributed by atoms with Gasteiger partial charge in [-0.1, -0.05) is 13.0 Å². The monoisotopic (exact) mass is 242 g/mol. The van der Waals surface area contributed by atoms with E-state index in [9.17, 15) is 0 Å². The maximum absolute atomic E-state index is 3.33. The summed E-state index contributed by atoms with van der Waals surface area (Å²) in [5, 5.41) is 1.43. The van der Waals surface area contributed by atoms with Crippen molar-refractivity contribution in [3.63, 3.8) is 0 Å². The van der Waals surface area contributed by atoms with E-state index in [1.54, 1.807) is 11.1 Å². The Labute approximate surface area is 109 Å². The van der Waals surface area contributed by atoms with Crippen molar-refractivity contribution in [1.82, 2.24) is 9.88 Å². The third-order valence-electron chi connectivity index (χ3n) is 4.33. The van der Waals surface area contributed by atoms with Crippen molar-refractivity contribution in [2.45, 2.75) is 38.6 Å². The number of aromatic nitrogens is 1. The van der Waals surface area contributed by atoms with Crippen molar-refractivity contribution in [1.29, 1.82) is 0 Å².